The third-order valence-electron chi connectivity index (χ3n) is 3.38. The van der Waals surface area contributed by atoms with Crippen molar-refractivity contribution in [3.05, 3.63) is 34.4 Å². The van der Waals surface area contributed by atoms with Crippen molar-refractivity contribution in [2.45, 2.75) is 37.4 Å². The molecule has 0 radical (unpaired) electrons. The standard InChI is InChI=1S/C14H16N4O3S/c1-2-3-9-6-13(20)18-10(8-22-14(18)15-9)7-12(19)16-11-4-5-21-17-11/h4-6,10H,2-3,7-8H2,1H3,(H,16,17,19). The second kappa shape index (κ2) is 6.35. The van der Waals surface area contributed by atoms with Gasteiger partial charge in [0.1, 0.15) is 6.26 Å². The largest absolute Gasteiger partial charge is 0.363 e. The van der Waals surface area contributed by atoms with Gasteiger partial charge in [0.15, 0.2) is 11.0 Å². The van der Waals surface area contributed by atoms with E-state index in [0.29, 0.717) is 16.7 Å². The highest BCUT2D eigenvalue weighted by Gasteiger charge is 2.27. The van der Waals surface area contributed by atoms with Crippen molar-refractivity contribution in [2.75, 3.05) is 11.1 Å². The van der Waals surface area contributed by atoms with E-state index in [9.17, 15) is 9.59 Å². The quantitative estimate of drug-likeness (QED) is 0.846. The van der Waals surface area contributed by atoms with Crippen LogP contribution >= 0.6 is 11.8 Å². The van der Waals surface area contributed by atoms with Crippen LogP contribution in [0.25, 0.3) is 0 Å². The monoisotopic (exact) mass is 320 g/mol. The number of hydrogen-bond acceptors (Lipinski definition) is 6. The molecule has 0 bridgehead atoms. The normalized spacial score (nSPS) is 16.5. The van der Waals surface area contributed by atoms with Gasteiger partial charge < -0.3 is 9.84 Å². The van der Waals surface area contributed by atoms with Crippen LogP contribution in [0.4, 0.5) is 5.82 Å². The molecule has 0 aromatic carbocycles. The van der Waals surface area contributed by atoms with Crippen molar-refractivity contribution in [3.63, 3.8) is 0 Å². The number of carbonyl (C=O) groups is 1. The summed E-state index contributed by atoms with van der Waals surface area (Å²) in [6, 6.07) is 2.96. The van der Waals surface area contributed by atoms with Crippen LogP contribution in [0.1, 0.15) is 31.5 Å². The summed E-state index contributed by atoms with van der Waals surface area (Å²) in [5.74, 6) is 0.848. The van der Waals surface area contributed by atoms with E-state index in [2.05, 4.69) is 26.9 Å². The fourth-order valence-electron chi connectivity index (χ4n) is 2.42. The third kappa shape index (κ3) is 3.06. The number of fused-ring (bicyclic) bond motifs is 1. The van der Waals surface area contributed by atoms with E-state index < -0.39 is 0 Å². The number of rotatable bonds is 5. The highest BCUT2D eigenvalue weighted by molar-refractivity contribution is 7.99. The zero-order chi connectivity index (χ0) is 15.5. The summed E-state index contributed by atoms with van der Waals surface area (Å²) >= 11 is 1.52. The van der Waals surface area contributed by atoms with Crippen LogP contribution in [0.5, 0.6) is 0 Å². The first-order valence-corrected chi connectivity index (χ1v) is 8.11. The first kappa shape index (κ1) is 14.8. The van der Waals surface area contributed by atoms with Crippen LogP contribution in [-0.2, 0) is 11.2 Å². The number of carbonyl (C=O) groups excluding carboxylic acids is 1. The average molecular weight is 320 g/mol. The van der Waals surface area contributed by atoms with Crippen molar-refractivity contribution >= 4 is 23.5 Å². The number of nitrogens with one attached hydrogen (secondary N) is 1. The van der Waals surface area contributed by atoms with Gasteiger partial charge in [0.05, 0.1) is 6.04 Å². The summed E-state index contributed by atoms with van der Waals surface area (Å²) in [6.07, 6.45) is 3.34. The first-order valence-electron chi connectivity index (χ1n) is 7.13. The zero-order valence-corrected chi connectivity index (χ0v) is 12.9. The van der Waals surface area contributed by atoms with Crippen molar-refractivity contribution < 1.29 is 9.32 Å². The Balaban J connectivity index is 1.74. The Morgan fingerprint density at radius 3 is 3.18 bits per heavy atom. The lowest BCUT2D eigenvalue weighted by atomic mass is 10.2. The van der Waals surface area contributed by atoms with Gasteiger partial charge in [0.25, 0.3) is 5.56 Å². The van der Waals surface area contributed by atoms with E-state index in [1.54, 1.807) is 16.7 Å². The molecule has 8 heteroatoms. The van der Waals surface area contributed by atoms with Crippen molar-refractivity contribution in [3.8, 4) is 0 Å². The van der Waals surface area contributed by atoms with Gasteiger partial charge in [-0.1, -0.05) is 30.3 Å². The number of aryl methyl sites for hydroxylation is 1. The number of hydrogen-bond donors (Lipinski definition) is 1. The highest BCUT2D eigenvalue weighted by atomic mass is 32.2. The van der Waals surface area contributed by atoms with Crippen LogP contribution in [-0.4, -0.2) is 26.4 Å². The molecule has 3 heterocycles. The predicted octanol–water partition coefficient (Wildman–Crippen LogP) is 1.86. The molecular formula is C14H16N4O3S. The van der Waals surface area contributed by atoms with Gasteiger partial charge in [-0.05, 0) is 6.42 Å². The maximum atomic E-state index is 12.3. The van der Waals surface area contributed by atoms with E-state index in [0.717, 1.165) is 18.5 Å². The summed E-state index contributed by atoms with van der Waals surface area (Å²) in [5, 5.41) is 6.98. The van der Waals surface area contributed by atoms with Gasteiger partial charge in [0, 0.05) is 30.0 Å². The fourth-order valence-corrected chi connectivity index (χ4v) is 3.59. The number of thioether (sulfide) groups is 1. The molecule has 116 valence electrons. The van der Waals surface area contributed by atoms with Gasteiger partial charge in [-0.25, -0.2) is 4.98 Å². The van der Waals surface area contributed by atoms with Crippen LogP contribution < -0.4 is 10.9 Å². The Morgan fingerprint density at radius 2 is 2.45 bits per heavy atom. The van der Waals surface area contributed by atoms with Crippen LogP contribution in [0.3, 0.4) is 0 Å². The molecular weight excluding hydrogens is 304 g/mol. The van der Waals surface area contributed by atoms with E-state index in [4.69, 9.17) is 0 Å². The van der Waals surface area contributed by atoms with Gasteiger partial charge in [0.2, 0.25) is 5.91 Å². The summed E-state index contributed by atoms with van der Waals surface area (Å²) in [5.41, 5.74) is 0.733. The first-order chi connectivity index (χ1) is 10.7. The van der Waals surface area contributed by atoms with Crippen molar-refractivity contribution in [1.82, 2.24) is 14.7 Å². The van der Waals surface area contributed by atoms with Crippen molar-refractivity contribution in [1.29, 1.82) is 0 Å². The van der Waals surface area contributed by atoms with Crippen LogP contribution in [0, 0.1) is 0 Å². The molecule has 0 fully saturated rings. The minimum atomic E-state index is -0.197. The molecule has 1 aliphatic heterocycles. The number of amides is 1. The maximum Gasteiger partial charge on any atom is 0.254 e. The molecule has 1 amide bonds. The third-order valence-corrected chi connectivity index (χ3v) is 4.47. The minimum Gasteiger partial charge on any atom is -0.363 e. The molecule has 1 aliphatic rings. The van der Waals surface area contributed by atoms with Gasteiger partial charge >= 0.3 is 0 Å². The second-order valence-electron chi connectivity index (χ2n) is 5.09. The Morgan fingerprint density at radius 1 is 1.59 bits per heavy atom. The Kier molecular flexibility index (Phi) is 4.28. The lowest BCUT2D eigenvalue weighted by Gasteiger charge is -2.12. The molecule has 1 N–H and O–H groups in total. The molecule has 2 aromatic heterocycles. The molecule has 2 aromatic rings. The summed E-state index contributed by atoms with van der Waals surface area (Å²) in [7, 11) is 0. The van der Waals surface area contributed by atoms with Gasteiger partial charge in [-0.15, -0.1) is 0 Å². The highest BCUT2D eigenvalue weighted by Crippen LogP contribution is 2.32. The Bertz CT molecular complexity index is 726. The molecule has 0 aliphatic carbocycles. The minimum absolute atomic E-state index is 0.0855. The number of aromatic nitrogens is 3. The maximum absolute atomic E-state index is 12.3. The molecule has 0 spiro atoms. The van der Waals surface area contributed by atoms with Crippen molar-refractivity contribution in [2.24, 2.45) is 0 Å². The lowest BCUT2D eigenvalue weighted by molar-refractivity contribution is -0.116. The Hall–Kier alpha value is -2.09. The van der Waals surface area contributed by atoms with E-state index >= 15 is 0 Å². The molecule has 22 heavy (non-hydrogen) atoms. The fraction of sp³-hybridized carbons (Fsp3) is 0.429. The van der Waals surface area contributed by atoms with Crippen LogP contribution in [0.2, 0.25) is 0 Å². The molecule has 3 rings (SSSR count). The molecule has 0 saturated heterocycles. The topological polar surface area (TPSA) is 90.0 Å². The van der Waals surface area contributed by atoms with E-state index in [1.807, 2.05) is 0 Å². The lowest BCUT2D eigenvalue weighted by Crippen LogP contribution is -2.27. The molecule has 0 saturated carbocycles. The average Bonchev–Trinajstić information content (AvgIpc) is 3.09. The second-order valence-corrected chi connectivity index (χ2v) is 6.08. The summed E-state index contributed by atoms with van der Waals surface area (Å²) in [4.78, 5) is 28.8. The smallest absolute Gasteiger partial charge is 0.254 e. The summed E-state index contributed by atoms with van der Waals surface area (Å²) < 4.78 is 6.28. The predicted molar refractivity (Wildman–Crippen MR) is 82.0 cm³/mol. The molecule has 1 unspecified atom stereocenters. The molecule has 7 nitrogen and oxygen atoms in total. The molecule has 1 atom stereocenters. The summed E-state index contributed by atoms with van der Waals surface area (Å²) in [6.45, 7) is 2.05. The van der Waals surface area contributed by atoms with E-state index in [-0.39, 0.29) is 23.9 Å². The number of anilines is 1. The van der Waals surface area contributed by atoms with E-state index in [1.165, 1.54) is 18.0 Å². The SMILES string of the molecule is CCCc1cc(=O)n2c(n1)SCC2CC(=O)Nc1ccon1. The van der Waals surface area contributed by atoms with Gasteiger partial charge in [-0.2, -0.15) is 0 Å². The number of nitrogens with zero attached hydrogens (tertiary/aromatic N) is 3. The zero-order valence-electron chi connectivity index (χ0n) is 12.1. The van der Waals surface area contributed by atoms with Gasteiger partial charge in [-0.3, -0.25) is 14.2 Å². The van der Waals surface area contributed by atoms with Crippen LogP contribution in [0.15, 0.2) is 32.9 Å². The Labute approximate surface area is 131 Å².